The Hall–Kier alpha value is -1.10. The van der Waals surface area contributed by atoms with Crippen molar-refractivity contribution in [3.8, 4) is 0 Å². The molecule has 2 aromatic rings. The molecule has 0 saturated heterocycles. The summed E-state index contributed by atoms with van der Waals surface area (Å²) in [4.78, 5) is 17.4. The normalized spacial score (nSPS) is 10.5. The lowest BCUT2D eigenvalue weighted by molar-refractivity contribution is 0.0951. The minimum Gasteiger partial charge on any atom is -0.347 e. The summed E-state index contributed by atoms with van der Waals surface area (Å²) in [5.74, 6) is -0.238. The molecular formula is C13H12Cl2N2OS. The molecule has 0 unspecified atom stereocenters. The van der Waals surface area contributed by atoms with Crippen molar-refractivity contribution in [3.63, 3.8) is 0 Å². The van der Waals surface area contributed by atoms with E-state index in [-0.39, 0.29) is 5.91 Å². The number of rotatable bonds is 3. The third kappa shape index (κ3) is 3.47. The lowest BCUT2D eigenvalue weighted by Gasteiger charge is -2.06. The SMILES string of the molecule is Cc1nc(C)c(CNC(=O)c2cc(Cl)ccc2Cl)s1. The van der Waals surface area contributed by atoms with Gasteiger partial charge in [0.2, 0.25) is 0 Å². The first-order chi connectivity index (χ1) is 8.97. The molecule has 0 atom stereocenters. The largest absolute Gasteiger partial charge is 0.347 e. The maximum absolute atomic E-state index is 12.0. The Bertz CT molecular complexity index is 625. The average Bonchev–Trinajstić information content (AvgIpc) is 2.68. The van der Waals surface area contributed by atoms with Gasteiger partial charge in [-0.2, -0.15) is 0 Å². The van der Waals surface area contributed by atoms with Crippen molar-refractivity contribution in [2.45, 2.75) is 20.4 Å². The van der Waals surface area contributed by atoms with Crippen molar-refractivity contribution in [2.75, 3.05) is 0 Å². The van der Waals surface area contributed by atoms with E-state index in [4.69, 9.17) is 23.2 Å². The third-order valence-corrected chi connectivity index (χ3v) is 4.22. The molecule has 0 aliphatic carbocycles. The van der Waals surface area contributed by atoms with E-state index >= 15 is 0 Å². The van der Waals surface area contributed by atoms with E-state index in [0.29, 0.717) is 22.2 Å². The zero-order valence-corrected chi connectivity index (χ0v) is 12.8. The Morgan fingerprint density at radius 2 is 2.11 bits per heavy atom. The number of nitrogens with zero attached hydrogens (tertiary/aromatic N) is 1. The highest BCUT2D eigenvalue weighted by Gasteiger charge is 2.12. The molecule has 0 saturated carbocycles. The molecule has 1 aromatic carbocycles. The third-order valence-electron chi connectivity index (χ3n) is 2.58. The van der Waals surface area contributed by atoms with Crippen molar-refractivity contribution in [2.24, 2.45) is 0 Å². The van der Waals surface area contributed by atoms with E-state index in [9.17, 15) is 4.79 Å². The molecule has 0 spiro atoms. The Kier molecular flexibility index (Phi) is 4.45. The van der Waals surface area contributed by atoms with Crippen molar-refractivity contribution in [1.82, 2.24) is 10.3 Å². The highest BCUT2D eigenvalue weighted by Crippen LogP contribution is 2.21. The van der Waals surface area contributed by atoms with Gasteiger partial charge in [-0.25, -0.2) is 4.98 Å². The first-order valence-electron chi connectivity index (χ1n) is 5.63. The van der Waals surface area contributed by atoms with E-state index in [2.05, 4.69) is 10.3 Å². The van der Waals surface area contributed by atoms with E-state index < -0.39 is 0 Å². The van der Waals surface area contributed by atoms with E-state index in [1.54, 1.807) is 29.5 Å². The fourth-order valence-electron chi connectivity index (χ4n) is 1.66. The minimum atomic E-state index is -0.238. The van der Waals surface area contributed by atoms with Crippen LogP contribution in [0.2, 0.25) is 10.0 Å². The Labute approximate surface area is 125 Å². The monoisotopic (exact) mass is 314 g/mol. The van der Waals surface area contributed by atoms with Gasteiger partial charge in [0.05, 0.1) is 27.8 Å². The number of thiazole rings is 1. The highest BCUT2D eigenvalue weighted by molar-refractivity contribution is 7.11. The summed E-state index contributed by atoms with van der Waals surface area (Å²) < 4.78 is 0. The first kappa shape index (κ1) is 14.3. The summed E-state index contributed by atoms with van der Waals surface area (Å²) in [5.41, 5.74) is 1.33. The molecule has 19 heavy (non-hydrogen) atoms. The Morgan fingerprint density at radius 3 is 2.74 bits per heavy atom. The maximum Gasteiger partial charge on any atom is 0.253 e. The molecule has 0 aliphatic rings. The van der Waals surface area contributed by atoms with Crippen LogP contribution >= 0.6 is 34.5 Å². The summed E-state index contributed by atoms with van der Waals surface area (Å²) in [6.07, 6.45) is 0. The van der Waals surface area contributed by atoms with Crippen LogP contribution in [0.25, 0.3) is 0 Å². The first-order valence-corrected chi connectivity index (χ1v) is 7.21. The molecule has 0 fully saturated rings. The zero-order valence-electron chi connectivity index (χ0n) is 10.5. The van der Waals surface area contributed by atoms with Crippen LogP contribution in [-0.4, -0.2) is 10.9 Å². The number of carbonyl (C=O) groups excluding carboxylic acids is 1. The molecular weight excluding hydrogens is 303 g/mol. The van der Waals surface area contributed by atoms with Gasteiger partial charge in [-0.3, -0.25) is 4.79 Å². The standard InChI is InChI=1S/C13H12Cl2N2OS/c1-7-12(19-8(2)17-7)6-16-13(18)10-5-9(14)3-4-11(10)15/h3-5H,6H2,1-2H3,(H,16,18). The minimum absolute atomic E-state index is 0.238. The van der Waals surface area contributed by atoms with Gasteiger partial charge in [-0.15, -0.1) is 11.3 Å². The van der Waals surface area contributed by atoms with Crippen LogP contribution in [0.4, 0.5) is 0 Å². The molecule has 0 radical (unpaired) electrons. The molecule has 1 amide bonds. The summed E-state index contributed by atoms with van der Waals surface area (Å²) >= 11 is 13.4. The predicted octanol–water partition coefficient (Wildman–Crippen LogP) is 4.00. The van der Waals surface area contributed by atoms with Gasteiger partial charge in [0, 0.05) is 9.90 Å². The second kappa shape index (κ2) is 5.90. The van der Waals surface area contributed by atoms with Crippen LogP contribution in [0, 0.1) is 13.8 Å². The van der Waals surface area contributed by atoms with Crippen molar-refractivity contribution < 1.29 is 4.79 Å². The van der Waals surface area contributed by atoms with Gasteiger partial charge in [-0.05, 0) is 32.0 Å². The van der Waals surface area contributed by atoms with E-state index in [1.165, 1.54) is 0 Å². The van der Waals surface area contributed by atoms with Crippen molar-refractivity contribution >= 4 is 40.4 Å². The second-order valence-corrected chi connectivity index (χ2v) is 6.18. The number of benzene rings is 1. The van der Waals surface area contributed by atoms with Crippen LogP contribution in [0.5, 0.6) is 0 Å². The van der Waals surface area contributed by atoms with Gasteiger partial charge in [-0.1, -0.05) is 23.2 Å². The molecule has 0 aliphatic heterocycles. The van der Waals surface area contributed by atoms with Gasteiger partial charge in [0.15, 0.2) is 0 Å². The van der Waals surface area contributed by atoms with Gasteiger partial charge in [0.25, 0.3) is 5.91 Å². The average molecular weight is 315 g/mol. The number of hydrogen-bond acceptors (Lipinski definition) is 3. The molecule has 1 aromatic heterocycles. The lowest BCUT2D eigenvalue weighted by atomic mass is 10.2. The summed E-state index contributed by atoms with van der Waals surface area (Å²) in [6, 6.07) is 4.82. The number of halogens is 2. The smallest absolute Gasteiger partial charge is 0.253 e. The fraction of sp³-hybridized carbons (Fsp3) is 0.231. The van der Waals surface area contributed by atoms with Crippen LogP contribution in [0.15, 0.2) is 18.2 Å². The topological polar surface area (TPSA) is 42.0 Å². The van der Waals surface area contributed by atoms with E-state index in [1.807, 2.05) is 13.8 Å². The number of carbonyl (C=O) groups is 1. The predicted molar refractivity (Wildman–Crippen MR) is 79.2 cm³/mol. The fourth-order valence-corrected chi connectivity index (χ4v) is 2.92. The molecule has 100 valence electrons. The van der Waals surface area contributed by atoms with Gasteiger partial charge >= 0.3 is 0 Å². The Morgan fingerprint density at radius 1 is 1.37 bits per heavy atom. The van der Waals surface area contributed by atoms with Gasteiger partial charge in [0.1, 0.15) is 0 Å². The maximum atomic E-state index is 12.0. The quantitative estimate of drug-likeness (QED) is 0.930. The highest BCUT2D eigenvalue weighted by atomic mass is 35.5. The molecule has 3 nitrogen and oxygen atoms in total. The molecule has 6 heteroatoms. The number of aromatic nitrogens is 1. The van der Waals surface area contributed by atoms with Crippen LogP contribution in [0.3, 0.4) is 0 Å². The zero-order chi connectivity index (χ0) is 14.0. The van der Waals surface area contributed by atoms with Crippen LogP contribution in [-0.2, 0) is 6.54 Å². The molecule has 1 N–H and O–H groups in total. The van der Waals surface area contributed by atoms with Crippen molar-refractivity contribution in [3.05, 3.63) is 49.4 Å². The number of nitrogens with one attached hydrogen (secondary N) is 1. The van der Waals surface area contributed by atoms with Crippen LogP contribution < -0.4 is 5.32 Å². The van der Waals surface area contributed by atoms with Crippen LogP contribution in [0.1, 0.15) is 25.9 Å². The van der Waals surface area contributed by atoms with Gasteiger partial charge < -0.3 is 5.32 Å². The summed E-state index contributed by atoms with van der Waals surface area (Å²) in [5, 5.41) is 4.69. The molecule has 1 heterocycles. The lowest BCUT2D eigenvalue weighted by Crippen LogP contribution is -2.23. The number of hydrogen-bond donors (Lipinski definition) is 1. The number of amides is 1. The Balaban J connectivity index is 2.09. The second-order valence-electron chi connectivity index (χ2n) is 4.05. The van der Waals surface area contributed by atoms with E-state index in [0.717, 1.165) is 15.6 Å². The summed E-state index contributed by atoms with van der Waals surface area (Å²) in [7, 11) is 0. The molecule has 2 rings (SSSR count). The molecule has 0 bridgehead atoms. The van der Waals surface area contributed by atoms with Crippen molar-refractivity contribution in [1.29, 1.82) is 0 Å². The number of aryl methyl sites for hydroxylation is 2. The summed E-state index contributed by atoms with van der Waals surface area (Å²) in [6.45, 7) is 4.31.